The lowest BCUT2D eigenvalue weighted by atomic mass is 9.69. The fourth-order valence-electron chi connectivity index (χ4n) is 2.96. The Morgan fingerprint density at radius 2 is 1.88 bits per heavy atom. The van der Waals surface area contributed by atoms with E-state index in [0.29, 0.717) is 5.78 Å². The zero-order chi connectivity index (χ0) is 12.3. The second-order valence-corrected chi connectivity index (χ2v) is 6.01. The molecule has 2 unspecified atom stereocenters. The van der Waals surface area contributed by atoms with Gasteiger partial charge in [0, 0.05) is 24.4 Å². The van der Waals surface area contributed by atoms with Crippen LogP contribution in [0.5, 0.6) is 0 Å². The summed E-state index contributed by atoms with van der Waals surface area (Å²) in [5.41, 5.74) is -0.123. The molecule has 2 atom stereocenters. The van der Waals surface area contributed by atoms with Gasteiger partial charge in [0.25, 0.3) is 0 Å². The third kappa shape index (κ3) is 3.29. The van der Waals surface area contributed by atoms with E-state index < -0.39 is 0 Å². The van der Waals surface area contributed by atoms with Crippen molar-refractivity contribution in [2.75, 3.05) is 41.3 Å². The molecule has 0 aromatic rings. The van der Waals surface area contributed by atoms with Gasteiger partial charge in [0.05, 0.1) is 0 Å². The van der Waals surface area contributed by atoms with Gasteiger partial charge >= 0.3 is 0 Å². The molecule has 3 nitrogen and oxygen atoms in total. The average Bonchev–Trinajstić information content (AvgIpc) is 2.11. The Bertz CT molecular complexity index is 250. The SMILES string of the molecule is CN(C)CC1CCCC(C)(CN(C)C)C1=O. The van der Waals surface area contributed by atoms with Crippen LogP contribution in [-0.2, 0) is 4.79 Å². The van der Waals surface area contributed by atoms with Gasteiger partial charge in [-0.2, -0.15) is 0 Å². The minimum absolute atomic E-state index is 0.123. The van der Waals surface area contributed by atoms with Crippen LogP contribution in [0, 0.1) is 11.3 Å². The van der Waals surface area contributed by atoms with Crippen molar-refractivity contribution >= 4 is 5.78 Å². The fourth-order valence-corrected chi connectivity index (χ4v) is 2.96. The number of carbonyl (C=O) groups excluding carboxylic acids is 1. The molecule has 0 aromatic carbocycles. The van der Waals surface area contributed by atoms with Crippen molar-refractivity contribution in [3.05, 3.63) is 0 Å². The Labute approximate surface area is 99.8 Å². The van der Waals surface area contributed by atoms with Crippen LogP contribution in [0.3, 0.4) is 0 Å². The largest absolute Gasteiger partial charge is 0.309 e. The standard InChI is InChI=1S/C13H26N2O/c1-13(10-15(4)5)8-6-7-11(12(13)16)9-14(2)3/h11H,6-10H2,1-5H3. The van der Waals surface area contributed by atoms with Crippen LogP contribution >= 0.6 is 0 Å². The van der Waals surface area contributed by atoms with Gasteiger partial charge in [-0.05, 0) is 41.0 Å². The first-order chi connectivity index (χ1) is 7.35. The molecule has 0 aliphatic heterocycles. The molecule has 0 saturated heterocycles. The van der Waals surface area contributed by atoms with E-state index in [4.69, 9.17) is 0 Å². The summed E-state index contributed by atoms with van der Waals surface area (Å²) in [7, 11) is 8.19. The van der Waals surface area contributed by atoms with Gasteiger partial charge in [-0.1, -0.05) is 13.3 Å². The van der Waals surface area contributed by atoms with E-state index in [9.17, 15) is 4.79 Å². The highest BCUT2D eigenvalue weighted by molar-refractivity contribution is 5.87. The van der Waals surface area contributed by atoms with Crippen molar-refractivity contribution in [2.24, 2.45) is 11.3 Å². The summed E-state index contributed by atoms with van der Waals surface area (Å²) in [6, 6.07) is 0. The van der Waals surface area contributed by atoms with Crippen LogP contribution in [0.2, 0.25) is 0 Å². The molecule has 1 aliphatic rings. The van der Waals surface area contributed by atoms with Gasteiger partial charge in [0.2, 0.25) is 0 Å². The Morgan fingerprint density at radius 3 is 2.38 bits per heavy atom. The topological polar surface area (TPSA) is 23.6 Å². The van der Waals surface area contributed by atoms with E-state index in [0.717, 1.165) is 25.9 Å². The van der Waals surface area contributed by atoms with Crippen LogP contribution < -0.4 is 0 Å². The molecule has 3 heteroatoms. The molecular weight excluding hydrogens is 200 g/mol. The summed E-state index contributed by atoms with van der Waals surface area (Å²) in [6.07, 6.45) is 3.31. The average molecular weight is 226 g/mol. The van der Waals surface area contributed by atoms with Crippen molar-refractivity contribution in [3.8, 4) is 0 Å². The summed E-state index contributed by atoms with van der Waals surface area (Å²) >= 11 is 0. The molecular formula is C13H26N2O. The molecule has 16 heavy (non-hydrogen) atoms. The van der Waals surface area contributed by atoms with E-state index in [1.165, 1.54) is 6.42 Å². The summed E-state index contributed by atoms with van der Waals surface area (Å²) in [6.45, 7) is 3.93. The first kappa shape index (κ1) is 13.7. The molecule has 0 bridgehead atoms. The number of hydrogen-bond donors (Lipinski definition) is 0. The van der Waals surface area contributed by atoms with Crippen molar-refractivity contribution in [1.82, 2.24) is 9.80 Å². The van der Waals surface area contributed by atoms with Crippen LogP contribution in [-0.4, -0.2) is 56.9 Å². The van der Waals surface area contributed by atoms with Crippen molar-refractivity contribution in [2.45, 2.75) is 26.2 Å². The van der Waals surface area contributed by atoms with Gasteiger partial charge in [-0.15, -0.1) is 0 Å². The number of nitrogens with zero attached hydrogens (tertiary/aromatic N) is 2. The monoisotopic (exact) mass is 226 g/mol. The predicted molar refractivity (Wildman–Crippen MR) is 67.6 cm³/mol. The number of hydrogen-bond acceptors (Lipinski definition) is 3. The molecule has 0 heterocycles. The minimum atomic E-state index is -0.123. The van der Waals surface area contributed by atoms with Crippen molar-refractivity contribution in [3.63, 3.8) is 0 Å². The number of Topliss-reactive ketones (excluding diaryl/α,β-unsaturated/α-hetero) is 1. The molecule has 0 radical (unpaired) electrons. The Hall–Kier alpha value is -0.410. The molecule has 0 aromatic heterocycles. The molecule has 1 fully saturated rings. The van der Waals surface area contributed by atoms with Gasteiger partial charge in [0.15, 0.2) is 0 Å². The summed E-state index contributed by atoms with van der Waals surface area (Å²) < 4.78 is 0. The Kier molecular flexibility index (Phi) is 4.51. The lowest BCUT2D eigenvalue weighted by Crippen LogP contribution is -2.46. The van der Waals surface area contributed by atoms with Crippen LogP contribution in [0.4, 0.5) is 0 Å². The van der Waals surface area contributed by atoms with E-state index in [1.807, 2.05) is 28.2 Å². The smallest absolute Gasteiger partial charge is 0.144 e. The summed E-state index contributed by atoms with van der Waals surface area (Å²) in [5, 5.41) is 0. The van der Waals surface area contributed by atoms with E-state index in [1.54, 1.807) is 0 Å². The predicted octanol–water partition coefficient (Wildman–Crippen LogP) is 1.49. The zero-order valence-electron chi connectivity index (χ0n) is 11.4. The molecule has 94 valence electrons. The number of ketones is 1. The Morgan fingerprint density at radius 1 is 1.25 bits per heavy atom. The van der Waals surface area contributed by atoms with E-state index >= 15 is 0 Å². The third-order valence-corrected chi connectivity index (χ3v) is 3.50. The molecule has 1 saturated carbocycles. The Balaban J connectivity index is 2.69. The maximum absolute atomic E-state index is 12.5. The minimum Gasteiger partial charge on any atom is -0.309 e. The second-order valence-electron chi connectivity index (χ2n) is 6.01. The van der Waals surface area contributed by atoms with Crippen LogP contribution in [0.25, 0.3) is 0 Å². The molecule has 0 amide bonds. The lowest BCUT2D eigenvalue weighted by Gasteiger charge is -2.39. The first-order valence-electron chi connectivity index (χ1n) is 6.19. The molecule has 0 spiro atoms. The van der Waals surface area contributed by atoms with Crippen LogP contribution in [0.15, 0.2) is 0 Å². The first-order valence-corrected chi connectivity index (χ1v) is 6.19. The van der Waals surface area contributed by atoms with E-state index in [2.05, 4.69) is 16.7 Å². The fraction of sp³-hybridized carbons (Fsp3) is 0.923. The highest BCUT2D eigenvalue weighted by atomic mass is 16.1. The van der Waals surface area contributed by atoms with Crippen molar-refractivity contribution in [1.29, 1.82) is 0 Å². The zero-order valence-corrected chi connectivity index (χ0v) is 11.4. The van der Waals surface area contributed by atoms with Crippen LogP contribution in [0.1, 0.15) is 26.2 Å². The molecule has 1 aliphatic carbocycles. The molecule has 0 N–H and O–H groups in total. The number of rotatable bonds is 4. The normalized spacial score (nSPS) is 31.4. The van der Waals surface area contributed by atoms with Gasteiger partial charge < -0.3 is 9.80 Å². The second kappa shape index (κ2) is 5.28. The maximum Gasteiger partial charge on any atom is 0.144 e. The third-order valence-electron chi connectivity index (χ3n) is 3.50. The van der Waals surface area contributed by atoms with E-state index in [-0.39, 0.29) is 11.3 Å². The highest BCUT2D eigenvalue weighted by Gasteiger charge is 2.41. The lowest BCUT2D eigenvalue weighted by molar-refractivity contribution is -0.136. The van der Waals surface area contributed by atoms with Gasteiger partial charge in [-0.25, -0.2) is 0 Å². The highest BCUT2D eigenvalue weighted by Crippen LogP contribution is 2.36. The van der Waals surface area contributed by atoms with Crippen molar-refractivity contribution < 1.29 is 4.79 Å². The van der Waals surface area contributed by atoms with Gasteiger partial charge in [0.1, 0.15) is 5.78 Å². The quantitative estimate of drug-likeness (QED) is 0.725. The van der Waals surface area contributed by atoms with Gasteiger partial charge in [-0.3, -0.25) is 4.79 Å². The summed E-state index contributed by atoms with van der Waals surface area (Å²) in [5.74, 6) is 0.717. The summed E-state index contributed by atoms with van der Waals surface area (Å²) in [4.78, 5) is 16.7. The number of carbonyl (C=O) groups is 1. The molecule has 1 rings (SSSR count). The maximum atomic E-state index is 12.5.